The van der Waals surface area contributed by atoms with E-state index in [2.05, 4.69) is 0 Å². The first-order chi connectivity index (χ1) is 7.80. The Hall–Kier alpha value is -0.270. The summed E-state index contributed by atoms with van der Waals surface area (Å²) in [7, 11) is -2.97. The lowest BCUT2D eigenvalue weighted by molar-refractivity contribution is -0.137. The highest BCUT2D eigenvalue weighted by Gasteiger charge is 2.29. The smallest absolute Gasteiger partial charge is 0.321 e. The van der Waals surface area contributed by atoms with Gasteiger partial charge in [-0.05, 0) is 19.3 Å². The van der Waals surface area contributed by atoms with Gasteiger partial charge in [0.2, 0.25) is 0 Å². The first-order valence-electron chi connectivity index (χ1n) is 5.59. The first kappa shape index (κ1) is 14.8. The lowest BCUT2D eigenvalue weighted by atomic mass is 10.00. The van der Waals surface area contributed by atoms with Crippen LogP contribution in [-0.4, -0.2) is 48.0 Å². The van der Waals surface area contributed by atoms with Gasteiger partial charge >= 0.3 is 5.97 Å². The standard InChI is InChI=1S/C10H19NO4S2/c1-17(14,15)8-4-2-3-7(5-8)16-6-9(11)10(12)13/h7-9H,2-6,11H2,1H3,(H,12,13). The van der Waals surface area contributed by atoms with Gasteiger partial charge in [-0.2, -0.15) is 11.8 Å². The Morgan fingerprint density at radius 3 is 2.71 bits per heavy atom. The van der Waals surface area contributed by atoms with E-state index >= 15 is 0 Å². The first-order valence-corrected chi connectivity index (χ1v) is 8.60. The van der Waals surface area contributed by atoms with Crippen molar-refractivity contribution in [3.05, 3.63) is 0 Å². The Morgan fingerprint density at radius 1 is 1.53 bits per heavy atom. The summed E-state index contributed by atoms with van der Waals surface area (Å²) in [5.41, 5.74) is 5.42. The molecule has 100 valence electrons. The molecule has 1 aliphatic carbocycles. The lowest BCUT2D eigenvalue weighted by Crippen LogP contribution is -2.34. The normalized spacial score (nSPS) is 27.6. The highest BCUT2D eigenvalue weighted by molar-refractivity contribution is 8.00. The van der Waals surface area contributed by atoms with Crippen LogP contribution in [0.4, 0.5) is 0 Å². The summed E-state index contributed by atoms with van der Waals surface area (Å²) < 4.78 is 22.9. The van der Waals surface area contributed by atoms with E-state index < -0.39 is 21.8 Å². The molecule has 1 saturated carbocycles. The molecule has 0 bridgehead atoms. The van der Waals surface area contributed by atoms with E-state index in [9.17, 15) is 13.2 Å². The van der Waals surface area contributed by atoms with Gasteiger partial charge in [0.25, 0.3) is 0 Å². The molecule has 7 heteroatoms. The van der Waals surface area contributed by atoms with Gasteiger partial charge in [-0.25, -0.2) is 8.42 Å². The molecule has 0 radical (unpaired) electrons. The maximum absolute atomic E-state index is 11.5. The molecule has 3 atom stereocenters. The van der Waals surface area contributed by atoms with Gasteiger partial charge in [0.05, 0.1) is 5.25 Å². The molecule has 0 aromatic rings. The second-order valence-corrected chi connectivity index (χ2v) is 8.18. The van der Waals surface area contributed by atoms with Crippen molar-refractivity contribution >= 4 is 27.6 Å². The number of hydrogen-bond acceptors (Lipinski definition) is 5. The zero-order valence-corrected chi connectivity index (χ0v) is 11.5. The molecule has 5 nitrogen and oxygen atoms in total. The highest BCUT2D eigenvalue weighted by Crippen LogP contribution is 2.31. The molecule has 1 rings (SSSR count). The molecule has 0 amide bonds. The van der Waals surface area contributed by atoms with Gasteiger partial charge in [-0.15, -0.1) is 0 Å². The van der Waals surface area contributed by atoms with Gasteiger partial charge < -0.3 is 10.8 Å². The number of carboxylic acid groups (broad SMARTS) is 1. The fourth-order valence-corrected chi connectivity index (χ4v) is 4.58. The fraction of sp³-hybridized carbons (Fsp3) is 0.900. The van der Waals surface area contributed by atoms with E-state index in [4.69, 9.17) is 10.8 Å². The third-order valence-electron chi connectivity index (χ3n) is 3.01. The van der Waals surface area contributed by atoms with Crippen molar-refractivity contribution in [3.63, 3.8) is 0 Å². The van der Waals surface area contributed by atoms with Gasteiger partial charge in [0, 0.05) is 17.3 Å². The summed E-state index contributed by atoms with van der Waals surface area (Å²) in [6, 6.07) is -0.862. The van der Waals surface area contributed by atoms with Crippen LogP contribution in [-0.2, 0) is 14.6 Å². The number of sulfone groups is 1. The van der Waals surface area contributed by atoms with Crippen molar-refractivity contribution in [2.45, 2.75) is 42.2 Å². The molecule has 3 N–H and O–H groups in total. The van der Waals surface area contributed by atoms with Crippen LogP contribution in [0.15, 0.2) is 0 Å². The third kappa shape index (κ3) is 4.85. The molecule has 3 unspecified atom stereocenters. The molecular formula is C10H19NO4S2. The van der Waals surface area contributed by atoms with Crippen LogP contribution in [0.5, 0.6) is 0 Å². The minimum absolute atomic E-state index is 0.217. The average molecular weight is 281 g/mol. The molecule has 17 heavy (non-hydrogen) atoms. The summed E-state index contributed by atoms with van der Waals surface area (Å²) in [5.74, 6) is -0.663. The topological polar surface area (TPSA) is 97.5 Å². The van der Waals surface area contributed by atoms with Crippen LogP contribution in [0, 0.1) is 0 Å². The van der Waals surface area contributed by atoms with Crippen molar-refractivity contribution < 1.29 is 18.3 Å². The summed E-state index contributed by atoms with van der Waals surface area (Å²) >= 11 is 1.48. The average Bonchev–Trinajstić information content (AvgIpc) is 2.25. The number of aliphatic carboxylic acids is 1. The van der Waals surface area contributed by atoms with Crippen molar-refractivity contribution in [2.24, 2.45) is 5.73 Å². The number of carboxylic acids is 1. The van der Waals surface area contributed by atoms with Crippen LogP contribution in [0.1, 0.15) is 25.7 Å². The largest absolute Gasteiger partial charge is 0.480 e. The third-order valence-corrected chi connectivity index (χ3v) is 6.10. The monoisotopic (exact) mass is 281 g/mol. The Balaban J connectivity index is 2.43. The van der Waals surface area contributed by atoms with Gasteiger partial charge in [-0.1, -0.05) is 6.42 Å². The number of carbonyl (C=O) groups is 1. The van der Waals surface area contributed by atoms with Crippen molar-refractivity contribution in [2.75, 3.05) is 12.0 Å². The van der Waals surface area contributed by atoms with Crippen molar-refractivity contribution in [1.29, 1.82) is 0 Å². The number of rotatable bonds is 5. The van der Waals surface area contributed by atoms with E-state index in [0.717, 1.165) is 19.3 Å². The van der Waals surface area contributed by atoms with E-state index in [0.29, 0.717) is 12.2 Å². The molecule has 1 fully saturated rings. The van der Waals surface area contributed by atoms with E-state index in [1.165, 1.54) is 18.0 Å². The van der Waals surface area contributed by atoms with Crippen LogP contribution in [0.3, 0.4) is 0 Å². The minimum atomic E-state index is -2.97. The van der Waals surface area contributed by atoms with E-state index in [1.54, 1.807) is 0 Å². The Bertz CT molecular complexity index is 369. The van der Waals surface area contributed by atoms with Gasteiger partial charge in [0.15, 0.2) is 0 Å². The quantitative estimate of drug-likeness (QED) is 0.761. The molecule has 0 aromatic heterocycles. The molecule has 0 heterocycles. The number of nitrogens with two attached hydrogens (primary N) is 1. The summed E-state index contributed by atoms with van der Waals surface area (Å²) in [4.78, 5) is 10.6. The predicted octanol–water partition coefficient (Wildman–Crippen LogP) is 0.487. The van der Waals surface area contributed by atoms with Crippen molar-refractivity contribution in [1.82, 2.24) is 0 Å². The summed E-state index contributed by atoms with van der Waals surface area (Å²) in [6.07, 6.45) is 4.45. The van der Waals surface area contributed by atoms with Gasteiger partial charge in [0.1, 0.15) is 15.9 Å². The zero-order valence-electron chi connectivity index (χ0n) is 9.83. The Morgan fingerprint density at radius 2 is 2.18 bits per heavy atom. The van der Waals surface area contributed by atoms with Crippen LogP contribution >= 0.6 is 11.8 Å². The second-order valence-electron chi connectivity index (χ2n) is 4.52. The minimum Gasteiger partial charge on any atom is -0.480 e. The number of thioether (sulfide) groups is 1. The maximum Gasteiger partial charge on any atom is 0.321 e. The van der Waals surface area contributed by atoms with Crippen LogP contribution in [0.25, 0.3) is 0 Å². The molecule has 1 aliphatic rings. The summed E-state index contributed by atoms with van der Waals surface area (Å²) in [6.45, 7) is 0. The Kier molecular flexibility index (Phi) is 5.27. The molecule has 0 saturated heterocycles. The fourth-order valence-electron chi connectivity index (χ4n) is 1.95. The Labute approximate surface area is 106 Å². The predicted molar refractivity (Wildman–Crippen MR) is 69.0 cm³/mol. The van der Waals surface area contributed by atoms with Crippen LogP contribution < -0.4 is 5.73 Å². The zero-order chi connectivity index (χ0) is 13.1. The number of hydrogen-bond donors (Lipinski definition) is 2. The SMILES string of the molecule is CS(=O)(=O)C1CCCC(SCC(N)C(=O)O)C1. The maximum atomic E-state index is 11.5. The second kappa shape index (κ2) is 6.06. The molecule has 0 spiro atoms. The summed E-state index contributed by atoms with van der Waals surface area (Å²) in [5, 5.41) is 8.61. The highest BCUT2D eigenvalue weighted by atomic mass is 32.2. The van der Waals surface area contributed by atoms with Crippen molar-refractivity contribution in [3.8, 4) is 0 Å². The molecule has 0 aliphatic heterocycles. The van der Waals surface area contributed by atoms with E-state index in [1.807, 2.05) is 0 Å². The van der Waals surface area contributed by atoms with E-state index in [-0.39, 0.29) is 10.5 Å². The van der Waals surface area contributed by atoms with Gasteiger partial charge in [-0.3, -0.25) is 4.79 Å². The van der Waals surface area contributed by atoms with Crippen LogP contribution in [0.2, 0.25) is 0 Å². The molecular weight excluding hydrogens is 262 g/mol. The lowest BCUT2D eigenvalue weighted by Gasteiger charge is -2.27. The molecule has 0 aromatic carbocycles.